The summed E-state index contributed by atoms with van der Waals surface area (Å²) in [5.41, 5.74) is 0. The van der Waals surface area contributed by atoms with Crippen molar-refractivity contribution in [2.45, 2.75) is 63.8 Å². The summed E-state index contributed by atoms with van der Waals surface area (Å²) in [6, 6.07) is 2.02. The first-order valence-corrected chi connectivity index (χ1v) is 9.07. The molecule has 2 saturated heterocycles. The SMILES string of the molecule is C=C/C=C\C=C\C(CO)COC1CC2CCCC1[N+]2(C)C(C)C. The fourth-order valence-corrected chi connectivity index (χ4v) is 4.47. The van der Waals surface area contributed by atoms with Gasteiger partial charge in [0.15, 0.2) is 0 Å². The molecule has 2 aliphatic heterocycles. The van der Waals surface area contributed by atoms with Gasteiger partial charge in [0.1, 0.15) is 12.1 Å². The van der Waals surface area contributed by atoms with Crippen LogP contribution in [0.15, 0.2) is 37.0 Å². The van der Waals surface area contributed by atoms with Crippen molar-refractivity contribution < 1.29 is 14.3 Å². The predicted octanol–water partition coefficient (Wildman–Crippen LogP) is 3.46. The van der Waals surface area contributed by atoms with Gasteiger partial charge in [-0.1, -0.05) is 37.0 Å². The molecular weight excluding hydrogens is 286 g/mol. The van der Waals surface area contributed by atoms with Crippen LogP contribution in [-0.4, -0.2) is 54.1 Å². The molecular formula is C20H34NO2+. The van der Waals surface area contributed by atoms with E-state index in [0.29, 0.717) is 24.8 Å². The Morgan fingerprint density at radius 1 is 1.26 bits per heavy atom. The molecule has 2 heterocycles. The third-order valence-corrected chi connectivity index (χ3v) is 6.09. The quantitative estimate of drug-likeness (QED) is 0.548. The highest BCUT2D eigenvalue weighted by Gasteiger charge is 2.56. The largest absolute Gasteiger partial charge is 0.396 e. The number of aliphatic hydroxyl groups is 1. The molecule has 3 nitrogen and oxygen atoms in total. The second-order valence-corrected chi connectivity index (χ2v) is 7.52. The lowest BCUT2D eigenvalue weighted by atomic mass is 9.97. The minimum Gasteiger partial charge on any atom is -0.396 e. The highest BCUT2D eigenvalue weighted by atomic mass is 16.5. The van der Waals surface area contributed by atoms with Crippen molar-refractivity contribution in [3.05, 3.63) is 37.0 Å². The van der Waals surface area contributed by atoms with Gasteiger partial charge in [0.2, 0.25) is 0 Å². The van der Waals surface area contributed by atoms with E-state index >= 15 is 0 Å². The molecule has 1 N–H and O–H groups in total. The van der Waals surface area contributed by atoms with Crippen LogP contribution in [0.2, 0.25) is 0 Å². The van der Waals surface area contributed by atoms with Crippen molar-refractivity contribution >= 4 is 0 Å². The average Bonchev–Trinajstić information content (AvgIpc) is 2.69. The smallest absolute Gasteiger partial charge is 0.116 e. The molecule has 0 aromatic carbocycles. The van der Waals surface area contributed by atoms with Gasteiger partial charge in [-0.3, -0.25) is 0 Å². The average molecular weight is 320 g/mol. The Balaban J connectivity index is 1.94. The second-order valence-electron chi connectivity index (χ2n) is 7.52. The Kier molecular flexibility index (Phi) is 6.63. The maximum atomic E-state index is 9.56. The van der Waals surface area contributed by atoms with Crippen molar-refractivity contribution in [1.82, 2.24) is 0 Å². The summed E-state index contributed by atoms with van der Waals surface area (Å²) in [5, 5.41) is 9.56. The summed E-state index contributed by atoms with van der Waals surface area (Å²) in [6.07, 6.45) is 15.0. The molecule has 0 amide bonds. The number of fused-ring (bicyclic) bond motifs is 2. The molecule has 0 aromatic heterocycles. The van der Waals surface area contributed by atoms with Crippen LogP contribution in [0.25, 0.3) is 0 Å². The molecule has 0 aliphatic carbocycles. The second kappa shape index (κ2) is 8.27. The molecule has 3 heteroatoms. The molecule has 0 aromatic rings. The van der Waals surface area contributed by atoms with Crippen LogP contribution in [0, 0.1) is 5.92 Å². The van der Waals surface area contributed by atoms with Gasteiger partial charge in [-0.15, -0.1) is 0 Å². The maximum Gasteiger partial charge on any atom is 0.116 e. The number of rotatable bonds is 8. The van der Waals surface area contributed by atoms with E-state index in [4.69, 9.17) is 4.74 Å². The van der Waals surface area contributed by atoms with Crippen molar-refractivity contribution in [3.63, 3.8) is 0 Å². The summed E-state index contributed by atoms with van der Waals surface area (Å²) in [4.78, 5) is 0. The van der Waals surface area contributed by atoms with Gasteiger partial charge in [-0.05, 0) is 26.7 Å². The zero-order valence-electron chi connectivity index (χ0n) is 15.0. The van der Waals surface area contributed by atoms with Gasteiger partial charge in [0, 0.05) is 18.8 Å². The van der Waals surface area contributed by atoms with Crippen LogP contribution in [0.1, 0.15) is 39.5 Å². The first kappa shape index (κ1) is 18.4. The summed E-state index contributed by atoms with van der Waals surface area (Å²) in [7, 11) is 2.42. The van der Waals surface area contributed by atoms with Crippen molar-refractivity contribution in [3.8, 4) is 0 Å². The molecule has 5 atom stereocenters. The number of allylic oxidation sites excluding steroid dienone is 4. The van der Waals surface area contributed by atoms with Gasteiger partial charge in [0.25, 0.3) is 0 Å². The Bertz CT molecular complexity index is 443. The predicted molar refractivity (Wildman–Crippen MR) is 96.2 cm³/mol. The molecule has 2 aliphatic rings. The highest BCUT2D eigenvalue weighted by Crippen LogP contribution is 2.44. The minimum atomic E-state index is 0.0720. The van der Waals surface area contributed by atoms with Crippen molar-refractivity contribution in [1.29, 1.82) is 0 Å². The zero-order valence-corrected chi connectivity index (χ0v) is 15.0. The van der Waals surface area contributed by atoms with E-state index in [2.05, 4.69) is 27.5 Å². The Hall–Kier alpha value is -0.900. The molecule has 130 valence electrons. The molecule has 2 rings (SSSR count). The summed E-state index contributed by atoms with van der Waals surface area (Å²) in [5.74, 6) is 0.0720. The van der Waals surface area contributed by atoms with Crippen LogP contribution >= 0.6 is 0 Å². The lowest BCUT2D eigenvalue weighted by molar-refractivity contribution is -0.968. The number of piperidine rings is 1. The lowest BCUT2D eigenvalue weighted by Gasteiger charge is -2.48. The summed E-state index contributed by atoms with van der Waals surface area (Å²) >= 11 is 0. The highest BCUT2D eigenvalue weighted by molar-refractivity contribution is 5.10. The van der Waals surface area contributed by atoms with Crippen LogP contribution < -0.4 is 0 Å². The van der Waals surface area contributed by atoms with Gasteiger partial charge >= 0.3 is 0 Å². The molecule has 0 saturated carbocycles. The number of likely N-dealkylation sites (N-methyl/N-ethyl adjacent to an activating group) is 1. The van der Waals surface area contributed by atoms with Crippen LogP contribution in [0.3, 0.4) is 0 Å². The van der Waals surface area contributed by atoms with Crippen LogP contribution in [0.4, 0.5) is 0 Å². The number of ether oxygens (including phenoxy) is 1. The number of nitrogens with zero attached hydrogens (tertiary/aromatic N) is 1. The number of hydrogen-bond acceptors (Lipinski definition) is 2. The standard InChI is InChI=1S/C20H34NO2/c1-5-6-7-8-10-17(14-22)15-23-20-13-18-11-9-12-19(20)21(18,4)16(2)3/h5-8,10,16-20,22H,1,9,11-15H2,2-4H3/q+1/b7-6-,10-8+. The van der Waals surface area contributed by atoms with Gasteiger partial charge < -0.3 is 14.3 Å². The molecule has 2 fully saturated rings. The van der Waals surface area contributed by atoms with E-state index < -0.39 is 0 Å². The normalized spacial score (nSPS) is 35.4. The van der Waals surface area contributed by atoms with E-state index in [1.54, 1.807) is 6.08 Å². The van der Waals surface area contributed by atoms with E-state index in [0.717, 1.165) is 6.04 Å². The molecule has 2 bridgehead atoms. The lowest BCUT2D eigenvalue weighted by Crippen LogP contribution is -2.61. The van der Waals surface area contributed by atoms with Crippen LogP contribution in [0.5, 0.6) is 0 Å². The molecule has 5 unspecified atom stereocenters. The van der Waals surface area contributed by atoms with Gasteiger partial charge in [0.05, 0.1) is 32.3 Å². The fraction of sp³-hybridized carbons (Fsp3) is 0.700. The van der Waals surface area contributed by atoms with E-state index in [-0.39, 0.29) is 12.5 Å². The Morgan fingerprint density at radius 3 is 2.65 bits per heavy atom. The van der Waals surface area contributed by atoms with Gasteiger partial charge in [-0.25, -0.2) is 0 Å². The fourth-order valence-electron chi connectivity index (χ4n) is 4.47. The topological polar surface area (TPSA) is 29.5 Å². The minimum absolute atomic E-state index is 0.0720. The van der Waals surface area contributed by atoms with Crippen LogP contribution in [-0.2, 0) is 4.74 Å². The third-order valence-electron chi connectivity index (χ3n) is 6.09. The monoisotopic (exact) mass is 320 g/mol. The van der Waals surface area contributed by atoms with Crippen molar-refractivity contribution in [2.24, 2.45) is 5.92 Å². The Labute approximate surface area is 141 Å². The van der Waals surface area contributed by atoms with E-state index in [9.17, 15) is 5.11 Å². The molecule has 23 heavy (non-hydrogen) atoms. The summed E-state index contributed by atoms with van der Waals surface area (Å²) < 4.78 is 7.47. The molecule has 0 spiro atoms. The molecule has 0 radical (unpaired) electrons. The number of quaternary nitrogens is 1. The number of aliphatic hydroxyl groups excluding tert-OH is 1. The number of hydrogen-bond donors (Lipinski definition) is 1. The van der Waals surface area contributed by atoms with Gasteiger partial charge in [-0.2, -0.15) is 0 Å². The maximum absolute atomic E-state index is 9.56. The third kappa shape index (κ3) is 3.96. The zero-order chi connectivity index (χ0) is 16.9. The van der Waals surface area contributed by atoms with E-state index in [1.165, 1.54) is 30.2 Å². The Morgan fingerprint density at radius 2 is 2.04 bits per heavy atom. The first-order valence-electron chi connectivity index (χ1n) is 9.07. The van der Waals surface area contributed by atoms with Crippen molar-refractivity contribution in [2.75, 3.05) is 20.3 Å². The first-order chi connectivity index (χ1) is 11.0. The van der Waals surface area contributed by atoms with E-state index in [1.807, 2.05) is 24.3 Å². The summed E-state index contributed by atoms with van der Waals surface area (Å²) in [6.45, 7) is 9.09.